The monoisotopic (exact) mass is 262 g/mol. The highest BCUT2D eigenvalue weighted by atomic mass is 16.5. The third-order valence-corrected chi connectivity index (χ3v) is 3.73. The topological polar surface area (TPSA) is 92.5 Å². The minimum atomic E-state index is 0.474. The third-order valence-electron chi connectivity index (χ3n) is 3.73. The van der Waals surface area contributed by atoms with E-state index in [1.54, 1.807) is 0 Å². The molecule has 2 aromatic heterocycles. The van der Waals surface area contributed by atoms with Crippen LogP contribution in [0.4, 0.5) is 0 Å². The predicted molar refractivity (Wildman–Crippen MR) is 68.1 cm³/mol. The van der Waals surface area contributed by atoms with E-state index >= 15 is 0 Å². The molecule has 3 rings (SSSR count). The van der Waals surface area contributed by atoms with Gasteiger partial charge < -0.3 is 9.84 Å². The summed E-state index contributed by atoms with van der Waals surface area (Å²) in [5.41, 5.74) is 0. The number of hydrogen-bond donors (Lipinski definition) is 2. The number of aromatic amines is 1. The van der Waals surface area contributed by atoms with Gasteiger partial charge in [0.15, 0.2) is 5.82 Å². The largest absolute Gasteiger partial charge is 0.339 e. The lowest BCUT2D eigenvalue weighted by molar-refractivity contribution is 0.257. The summed E-state index contributed by atoms with van der Waals surface area (Å²) in [6, 6.07) is 0. The first-order valence-electron chi connectivity index (χ1n) is 6.72. The van der Waals surface area contributed by atoms with Crippen molar-refractivity contribution in [2.24, 2.45) is 11.8 Å². The number of aromatic nitrogens is 5. The van der Waals surface area contributed by atoms with Gasteiger partial charge in [-0.15, -0.1) is 0 Å². The fourth-order valence-corrected chi connectivity index (χ4v) is 2.55. The first-order valence-corrected chi connectivity index (χ1v) is 6.72. The molecule has 0 amide bonds. The van der Waals surface area contributed by atoms with Gasteiger partial charge in [-0.25, -0.2) is 4.98 Å². The van der Waals surface area contributed by atoms with Crippen LogP contribution in [0.1, 0.15) is 25.7 Å². The van der Waals surface area contributed by atoms with Crippen LogP contribution in [0.25, 0.3) is 11.6 Å². The molecule has 7 nitrogen and oxygen atoms in total. The van der Waals surface area contributed by atoms with Crippen molar-refractivity contribution in [3.63, 3.8) is 0 Å². The van der Waals surface area contributed by atoms with Crippen molar-refractivity contribution in [2.75, 3.05) is 13.1 Å². The standard InChI is InChI=1S/C12H18N6O/c1-8(9-3-2-4-13-6-9)5-10-16-12(18-19-10)11-14-7-15-17-11/h7-9,13H,2-6H2,1H3,(H,14,15,17). The Kier molecular flexibility index (Phi) is 3.54. The Hall–Kier alpha value is -1.76. The minimum Gasteiger partial charge on any atom is -0.339 e. The summed E-state index contributed by atoms with van der Waals surface area (Å²) in [6.45, 7) is 4.47. The molecule has 0 aliphatic carbocycles. The second-order valence-corrected chi connectivity index (χ2v) is 5.13. The van der Waals surface area contributed by atoms with E-state index in [0.29, 0.717) is 29.4 Å². The van der Waals surface area contributed by atoms with Gasteiger partial charge in [0.05, 0.1) is 0 Å². The van der Waals surface area contributed by atoms with Crippen molar-refractivity contribution < 1.29 is 4.52 Å². The Balaban J connectivity index is 1.63. The number of H-pyrrole nitrogens is 1. The maximum atomic E-state index is 5.28. The van der Waals surface area contributed by atoms with Crippen LogP contribution in [-0.4, -0.2) is 38.4 Å². The molecule has 0 bridgehead atoms. The maximum absolute atomic E-state index is 5.28. The average molecular weight is 262 g/mol. The molecule has 102 valence electrons. The lowest BCUT2D eigenvalue weighted by Gasteiger charge is -2.27. The molecule has 2 atom stereocenters. The minimum absolute atomic E-state index is 0.474. The Labute approximate surface area is 111 Å². The summed E-state index contributed by atoms with van der Waals surface area (Å²) < 4.78 is 5.28. The number of rotatable bonds is 4. The van der Waals surface area contributed by atoms with Crippen molar-refractivity contribution >= 4 is 0 Å². The number of nitrogens with one attached hydrogen (secondary N) is 2. The van der Waals surface area contributed by atoms with Gasteiger partial charge in [-0.05, 0) is 37.8 Å². The fourth-order valence-electron chi connectivity index (χ4n) is 2.55. The van der Waals surface area contributed by atoms with E-state index in [4.69, 9.17) is 4.52 Å². The van der Waals surface area contributed by atoms with Crippen molar-refractivity contribution in [1.29, 1.82) is 0 Å². The van der Waals surface area contributed by atoms with Crippen molar-refractivity contribution in [2.45, 2.75) is 26.2 Å². The molecule has 19 heavy (non-hydrogen) atoms. The highest BCUT2D eigenvalue weighted by Crippen LogP contribution is 2.23. The second kappa shape index (κ2) is 5.48. The zero-order valence-electron chi connectivity index (χ0n) is 11.0. The number of nitrogens with zero attached hydrogens (tertiary/aromatic N) is 4. The van der Waals surface area contributed by atoms with Crippen LogP contribution >= 0.6 is 0 Å². The van der Waals surface area contributed by atoms with Crippen molar-refractivity contribution in [1.82, 2.24) is 30.6 Å². The van der Waals surface area contributed by atoms with Crippen LogP contribution in [0.2, 0.25) is 0 Å². The fraction of sp³-hybridized carbons (Fsp3) is 0.667. The maximum Gasteiger partial charge on any atom is 0.239 e. The Bertz CT molecular complexity index is 502. The van der Waals surface area contributed by atoms with E-state index in [1.165, 1.54) is 19.2 Å². The molecule has 7 heteroatoms. The molecule has 2 N–H and O–H groups in total. The van der Waals surface area contributed by atoms with Gasteiger partial charge in [0, 0.05) is 6.42 Å². The Morgan fingerprint density at radius 1 is 1.53 bits per heavy atom. The smallest absolute Gasteiger partial charge is 0.239 e. The highest BCUT2D eigenvalue weighted by Gasteiger charge is 2.22. The molecular weight excluding hydrogens is 244 g/mol. The van der Waals surface area contributed by atoms with Crippen LogP contribution in [0, 0.1) is 11.8 Å². The van der Waals surface area contributed by atoms with E-state index in [9.17, 15) is 0 Å². The Morgan fingerprint density at radius 3 is 3.21 bits per heavy atom. The zero-order valence-corrected chi connectivity index (χ0v) is 11.0. The molecule has 0 spiro atoms. The summed E-state index contributed by atoms with van der Waals surface area (Å²) in [5, 5.41) is 13.9. The van der Waals surface area contributed by atoms with E-state index in [2.05, 4.69) is 37.6 Å². The number of piperidine rings is 1. The van der Waals surface area contributed by atoms with Gasteiger partial charge in [-0.1, -0.05) is 12.1 Å². The molecule has 1 aliphatic rings. The van der Waals surface area contributed by atoms with Gasteiger partial charge in [-0.2, -0.15) is 10.1 Å². The molecule has 1 fully saturated rings. The summed E-state index contributed by atoms with van der Waals surface area (Å²) in [7, 11) is 0. The highest BCUT2D eigenvalue weighted by molar-refractivity contribution is 5.39. The van der Waals surface area contributed by atoms with Crippen molar-refractivity contribution in [3.05, 3.63) is 12.2 Å². The summed E-state index contributed by atoms with van der Waals surface area (Å²) >= 11 is 0. The van der Waals surface area contributed by atoms with Crippen LogP contribution in [0.3, 0.4) is 0 Å². The molecule has 1 saturated heterocycles. The SMILES string of the molecule is CC(Cc1nc(-c2ncn[nH]2)no1)C1CCCNC1. The first kappa shape index (κ1) is 12.3. The van der Waals surface area contributed by atoms with Crippen LogP contribution in [-0.2, 0) is 6.42 Å². The van der Waals surface area contributed by atoms with E-state index in [1.807, 2.05) is 0 Å². The molecule has 3 heterocycles. The van der Waals surface area contributed by atoms with Crippen LogP contribution in [0.15, 0.2) is 10.9 Å². The predicted octanol–water partition coefficient (Wildman–Crippen LogP) is 1.03. The van der Waals surface area contributed by atoms with Crippen LogP contribution in [0.5, 0.6) is 0 Å². The number of hydrogen-bond acceptors (Lipinski definition) is 6. The molecule has 1 aliphatic heterocycles. The summed E-state index contributed by atoms with van der Waals surface area (Å²) in [5.74, 6) is 2.91. The Morgan fingerprint density at radius 2 is 2.47 bits per heavy atom. The molecule has 2 unspecified atom stereocenters. The van der Waals surface area contributed by atoms with E-state index in [-0.39, 0.29) is 0 Å². The summed E-state index contributed by atoms with van der Waals surface area (Å²) in [6.07, 6.45) is 4.77. The van der Waals surface area contributed by atoms with Gasteiger partial charge in [-0.3, -0.25) is 5.10 Å². The molecular formula is C12H18N6O. The van der Waals surface area contributed by atoms with Crippen molar-refractivity contribution in [3.8, 4) is 11.6 Å². The van der Waals surface area contributed by atoms with Crippen LogP contribution < -0.4 is 5.32 Å². The normalized spacial score (nSPS) is 21.4. The summed E-state index contributed by atoms with van der Waals surface area (Å²) in [4.78, 5) is 8.36. The lowest BCUT2D eigenvalue weighted by atomic mass is 9.85. The molecule has 0 saturated carbocycles. The molecule has 0 aromatic carbocycles. The first-order chi connectivity index (χ1) is 9.33. The lowest BCUT2D eigenvalue weighted by Crippen LogP contribution is -2.33. The average Bonchev–Trinajstić information content (AvgIpc) is 3.10. The zero-order chi connectivity index (χ0) is 13.1. The van der Waals surface area contributed by atoms with E-state index < -0.39 is 0 Å². The van der Waals surface area contributed by atoms with E-state index in [0.717, 1.165) is 19.5 Å². The quantitative estimate of drug-likeness (QED) is 0.855. The second-order valence-electron chi connectivity index (χ2n) is 5.13. The van der Waals surface area contributed by atoms with Gasteiger partial charge >= 0.3 is 0 Å². The van der Waals surface area contributed by atoms with Gasteiger partial charge in [0.1, 0.15) is 6.33 Å². The molecule has 0 radical (unpaired) electrons. The van der Waals surface area contributed by atoms with Gasteiger partial charge in [0.25, 0.3) is 0 Å². The molecule has 2 aromatic rings. The van der Waals surface area contributed by atoms with Gasteiger partial charge in [0.2, 0.25) is 11.7 Å². The third kappa shape index (κ3) is 2.81.